The van der Waals surface area contributed by atoms with Crippen LogP contribution in [-0.4, -0.2) is 11.7 Å². The van der Waals surface area contributed by atoms with Gasteiger partial charge in [0.1, 0.15) is 6.67 Å². The smallest absolute Gasteiger partial charge is 0.135 e. The number of benzene rings is 2. The Morgan fingerprint density at radius 1 is 1.16 bits per heavy atom. The molecule has 0 aliphatic carbocycles. The molecule has 0 aromatic heterocycles. The van der Waals surface area contributed by atoms with Crippen molar-refractivity contribution >= 4 is 11.9 Å². The Hall–Kier alpha value is -2.33. The maximum Gasteiger partial charge on any atom is 0.135 e. The largest absolute Gasteiger partial charge is 0.399 e. The van der Waals surface area contributed by atoms with Crippen LogP contribution in [-0.2, 0) is 11.4 Å². The number of anilines is 1. The van der Waals surface area contributed by atoms with Crippen molar-refractivity contribution in [3.8, 4) is 0 Å². The minimum Gasteiger partial charge on any atom is -0.399 e. The van der Waals surface area contributed by atoms with E-state index in [-0.39, 0.29) is 0 Å². The van der Waals surface area contributed by atoms with Gasteiger partial charge in [-0.25, -0.2) is 5.06 Å². The quantitative estimate of drug-likeness (QED) is 0.831. The molecule has 1 heterocycles. The summed E-state index contributed by atoms with van der Waals surface area (Å²) < 4.78 is 0. The lowest BCUT2D eigenvalue weighted by Gasteiger charge is -2.20. The number of nitrogens with two attached hydrogens (primary N) is 1. The molecule has 1 aliphatic rings. The van der Waals surface area contributed by atoms with Gasteiger partial charge < -0.3 is 5.73 Å². The topological polar surface area (TPSA) is 50.8 Å². The molecule has 0 unspecified atom stereocenters. The number of hydrogen-bond donors (Lipinski definition) is 1. The lowest BCUT2D eigenvalue weighted by Crippen LogP contribution is -2.35. The molecule has 0 saturated heterocycles. The van der Waals surface area contributed by atoms with Gasteiger partial charge in [-0.05, 0) is 23.8 Å². The lowest BCUT2D eigenvalue weighted by molar-refractivity contribution is -0.115. The Kier molecular flexibility index (Phi) is 3.16. The van der Waals surface area contributed by atoms with E-state index in [0.29, 0.717) is 13.3 Å². The SMILES string of the molecule is Nc1ccc2c(c1)=NCN(OCc1ccccc1)C=2. The summed E-state index contributed by atoms with van der Waals surface area (Å²) in [5.41, 5.74) is 7.60. The minimum atomic E-state index is 0.489. The molecule has 1 aliphatic heterocycles. The molecule has 96 valence electrons. The number of nitrogen functional groups attached to an aromatic ring is 1. The first-order chi connectivity index (χ1) is 9.31. The zero-order valence-corrected chi connectivity index (χ0v) is 10.5. The van der Waals surface area contributed by atoms with Gasteiger partial charge in [-0.2, -0.15) is 0 Å². The molecule has 0 atom stereocenters. The number of nitrogens with zero attached hydrogens (tertiary/aromatic N) is 2. The third-order valence-electron chi connectivity index (χ3n) is 2.96. The van der Waals surface area contributed by atoms with Crippen LogP contribution in [0.15, 0.2) is 53.5 Å². The van der Waals surface area contributed by atoms with Crippen LogP contribution < -0.4 is 16.3 Å². The van der Waals surface area contributed by atoms with Crippen LogP contribution in [0.4, 0.5) is 5.69 Å². The number of hydroxylamine groups is 2. The average molecular weight is 253 g/mol. The molecule has 19 heavy (non-hydrogen) atoms. The summed E-state index contributed by atoms with van der Waals surface area (Å²) in [6, 6.07) is 15.8. The highest BCUT2D eigenvalue weighted by molar-refractivity contribution is 5.39. The van der Waals surface area contributed by atoms with Crippen LogP contribution in [0.1, 0.15) is 5.56 Å². The molecule has 0 amide bonds. The zero-order chi connectivity index (χ0) is 13.1. The summed E-state index contributed by atoms with van der Waals surface area (Å²) in [5.74, 6) is 0. The van der Waals surface area contributed by atoms with Gasteiger partial charge in [0.25, 0.3) is 0 Å². The first-order valence-corrected chi connectivity index (χ1v) is 6.17. The predicted octanol–water partition coefficient (Wildman–Crippen LogP) is 1.03. The second-order valence-electron chi connectivity index (χ2n) is 4.42. The van der Waals surface area contributed by atoms with Crippen LogP contribution in [0.3, 0.4) is 0 Å². The van der Waals surface area contributed by atoms with E-state index in [4.69, 9.17) is 10.6 Å². The van der Waals surface area contributed by atoms with Gasteiger partial charge >= 0.3 is 0 Å². The maximum absolute atomic E-state index is 5.73. The second-order valence-corrected chi connectivity index (χ2v) is 4.42. The summed E-state index contributed by atoms with van der Waals surface area (Å²) in [7, 11) is 0. The fraction of sp³-hybridized carbons (Fsp3) is 0.133. The van der Waals surface area contributed by atoms with E-state index in [1.807, 2.05) is 54.7 Å². The molecular formula is C15H15N3O. The van der Waals surface area contributed by atoms with E-state index in [1.165, 1.54) is 0 Å². The number of rotatable bonds is 3. The third kappa shape index (κ3) is 2.74. The minimum absolute atomic E-state index is 0.489. The first-order valence-electron chi connectivity index (χ1n) is 6.17. The Bertz CT molecular complexity index is 682. The Morgan fingerprint density at radius 2 is 2.00 bits per heavy atom. The molecule has 2 N–H and O–H groups in total. The molecule has 0 fully saturated rings. The van der Waals surface area contributed by atoms with Gasteiger partial charge in [0, 0.05) is 17.1 Å². The highest BCUT2D eigenvalue weighted by atomic mass is 16.7. The van der Waals surface area contributed by atoms with Crippen LogP contribution >= 0.6 is 0 Å². The fourth-order valence-electron chi connectivity index (χ4n) is 1.96. The monoisotopic (exact) mass is 253 g/mol. The molecule has 2 aromatic carbocycles. The van der Waals surface area contributed by atoms with Crippen molar-refractivity contribution in [3.63, 3.8) is 0 Å². The van der Waals surface area contributed by atoms with Gasteiger partial charge in [-0.15, -0.1) is 0 Å². The van der Waals surface area contributed by atoms with Crippen molar-refractivity contribution < 1.29 is 4.84 Å². The fourth-order valence-corrected chi connectivity index (χ4v) is 1.96. The average Bonchev–Trinajstić information content (AvgIpc) is 2.46. The van der Waals surface area contributed by atoms with Crippen LogP contribution in [0.25, 0.3) is 6.20 Å². The standard InChI is InChI=1S/C15H15N3O/c16-14-7-6-13-9-18(11-17-15(13)8-14)19-10-12-4-2-1-3-5-12/h1-9H,10-11,16H2. The van der Waals surface area contributed by atoms with Crippen LogP contribution in [0.5, 0.6) is 0 Å². The van der Waals surface area contributed by atoms with Gasteiger partial charge in [0.05, 0.1) is 12.0 Å². The molecule has 0 saturated carbocycles. The molecule has 0 bridgehead atoms. The number of fused-ring (bicyclic) bond motifs is 1. The Balaban J connectivity index is 1.73. The molecule has 4 heteroatoms. The first kappa shape index (κ1) is 11.7. The van der Waals surface area contributed by atoms with Crippen molar-refractivity contribution in [1.82, 2.24) is 5.06 Å². The van der Waals surface area contributed by atoms with Crippen molar-refractivity contribution in [2.45, 2.75) is 6.61 Å². The van der Waals surface area contributed by atoms with Gasteiger partial charge in [-0.1, -0.05) is 30.3 Å². The summed E-state index contributed by atoms with van der Waals surface area (Å²) in [5, 5.41) is 3.68. The highest BCUT2D eigenvalue weighted by Crippen LogP contribution is 2.04. The van der Waals surface area contributed by atoms with Crippen molar-refractivity contribution in [1.29, 1.82) is 0 Å². The normalized spacial score (nSPS) is 13.4. The van der Waals surface area contributed by atoms with Crippen LogP contribution in [0.2, 0.25) is 0 Å². The maximum atomic E-state index is 5.73. The lowest BCUT2D eigenvalue weighted by atomic mass is 10.2. The Labute approximate surface area is 111 Å². The highest BCUT2D eigenvalue weighted by Gasteiger charge is 2.04. The molecule has 0 spiro atoms. The van der Waals surface area contributed by atoms with Crippen molar-refractivity contribution in [2.75, 3.05) is 12.4 Å². The molecule has 2 aromatic rings. The van der Waals surface area contributed by atoms with Gasteiger partial charge in [0.2, 0.25) is 0 Å². The molecule has 4 nitrogen and oxygen atoms in total. The van der Waals surface area contributed by atoms with Gasteiger partial charge in [-0.3, -0.25) is 9.83 Å². The van der Waals surface area contributed by atoms with E-state index in [2.05, 4.69) is 4.99 Å². The van der Waals surface area contributed by atoms with E-state index >= 15 is 0 Å². The summed E-state index contributed by atoms with van der Waals surface area (Å²) in [4.78, 5) is 10.1. The summed E-state index contributed by atoms with van der Waals surface area (Å²) in [6.07, 6.45) is 1.95. The van der Waals surface area contributed by atoms with E-state index in [9.17, 15) is 0 Å². The van der Waals surface area contributed by atoms with E-state index < -0.39 is 0 Å². The molecule has 3 rings (SSSR count). The summed E-state index contributed by atoms with van der Waals surface area (Å²) in [6.45, 7) is 1.03. The number of hydrogen-bond acceptors (Lipinski definition) is 4. The second kappa shape index (κ2) is 5.12. The van der Waals surface area contributed by atoms with Crippen molar-refractivity contribution in [3.05, 3.63) is 64.7 Å². The Morgan fingerprint density at radius 3 is 2.84 bits per heavy atom. The van der Waals surface area contributed by atoms with Crippen LogP contribution in [0, 0.1) is 0 Å². The molecular weight excluding hydrogens is 238 g/mol. The third-order valence-corrected chi connectivity index (χ3v) is 2.96. The zero-order valence-electron chi connectivity index (χ0n) is 10.5. The van der Waals surface area contributed by atoms with Crippen molar-refractivity contribution in [2.24, 2.45) is 4.99 Å². The van der Waals surface area contributed by atoms with E-state index in [1.54, 1.807) is 5.06 Å². The predicted molar refractivity (Wildman–Crippen MR) is 74.0 cm³/mol. The molecule has 0 radical (unpaired) electrons. The summed E-state index contributed by atoms with van der Waals surface area (Å²) >= 11 is 0. The van der Waals surface area contributed by atoms with E-state index in [0.717, 1.165) is 21.8 Å². The van der Waals surface area contributed by atoms with Gasteiger partial charge in [0.15, 0.2) is 0 Å².